The van der Waals surface area contributed by atoms with Crippen LogP contribution in [0.25, 0.3) is 104 Å². The Morgan fingerprint density at radius 2 is 1.06 bits per heavy atom. The van der Waals surface area contributed by atoms with Gasteiger partial charge in [-0.05, 0) is 93.0 Å². The Balaban J connectivity index is 1.24. The maximum atomic E-state index is 7.17. The molecule has 6 heteroatoms. The first-order valence-corrected chi connectivity index (χ1v) is 21.8. The Kier molecular flexibility index (Phi) is 6.34. The molecular weight excluding hydrogens is 759 g/mol. The van der Waals surface area contributed by atoms with Gasteiger partial charge in [0.15, 0.2) is 0 Å². The number of furan rings is 3. The molecule has 0 fully saturated rings. The highest BCUT2D eigenvalue weighted by atomic mass is 16.3. The lowest BCUT2D eigenvalue weighted by Crippen LogP contribution is -2.60. The van der Waals surface area contributed by atoms with Crippen LogP contribution >= 0.6 is 0 Å². The molecule has 0 atom stereocenters. The van der Waals surface area contributed by atoms with Crippen LogP contribution in [0.15, 0.2) is 153 Å². The van der Waals surface area contributed by atoms with Crippen LogP contribution in [0, 0.1) is 0 Å². The molecule has 12 aromatic rings. The van der Waals surface area contributed by atoms with Crippen molar-refractivity contribution in [1.29, 1.82) is 0 Å². The van der Waals surface area contributed by atoms with E-state index in [1.165, 1.54) is 38.5 Å². The molecule has 0 spiro atoms. The van der Waals surface area contributed by atoms with Gasteiger partial charge in [0, 0.05) is 66.4 Å². The van der Waals surface area contributed by atoms with Gasteiger partial charge in [0.25, 0.3) is 0 Å². The average molecular weight is 801 g/mol. The van der Waals surface area contributed by atoms with Gasteiger partial charge < -0.3 is 22.6 Å². The highest BCUT2D eigenvalue weighted by molar-refractivity contribution is 6.94. The summed E-state index contributed by atoms with van der Waals surface area (Å²) in [6, 6.07) is 51.3. The van der Waals surface area contributed by atoms with Crippen molar-refractivity contribution in [2.75, 3.05) is 4.81 Å². The zero-order valence-electron chi connectivity index (χ0n) is 35.5. The van der Waals surface area contributed by atoms with Gasteiger partial charge in [0.05, 0.1) is 16.4 Å². The number of rotatable bonds is 1. The van der Waals surface area contributed by atoms with Gasteiger partial charge in [0.1, 0.15) is 33.5 Å². The molecule has 0 saturated carbocycles. The van der Waals surface area contributed by atoms with Crippen molar-refractivity contribution in [1.82, 2.24) is 4.57 Å². The van der Waals surface area contributed by atoms with E-state index in [9.17, 15) is 0 Å². The van der Waals surface area contributed by atoms with Crippen molar-refractivity contribution in [3.05, 3.63) is 151 Å². The summed E-state index contributed by atoms with van der Waals surface area (Å²) in [5, 5.41) is 9.04. The van der Waals surface area contributed by atoms with E-state index in [-0.39, 0.29) is 17.7 Å². The molecule has 0 saturated heterocycles. The van der Waals surface area contributed by atoms with Crippen LogP contribution in [0.2, 0.25) is 0 Å². The van der Waals surface area contributed by atoms with Crippen LogP contribution in [0.3, 0.4) is 0 Å². The third-order valence-electron chi connectivity index (χ3n) is 14.1. The summed E-state index contributed by atoms with van der Waals surface area (Å²) in [4.78, 5) is 2.62. The predicted octanol–water partition coefficient (Wildman–Crippen LogP) is 14.3. The largest absolute Gasteiger partial charge is 0.456 e. The van der Waals surface area contributed by atoms with E-state index in [4.69, 9.17) is 13.3 Å². The monoisotopic (exact) mass is 800 g/mol. The first-order valence-electron chi connectivity index (χ1n) is 21.8. The number of hydrogen-bond acceptors (Lipinski definition) is 4. The number of aromatic nitrogens is 1. The number of anilines is 2. The number of hydrogen-bond donors (Lipinski definition) is 0. The van der Waals surface area contributed by atoms with E-state index in [0.29, 0.717) is 0 Å². The Hall–Kier alpha value is -7.18. The van der Waals surface area contributed by atoms with Gasteiger partial charge in [-0.3, -0.25) is 0 Å². The lowest BCUT2D eigenvalue weighted by molar-refractivity contribution is 0.590. The van der Waals surface area contributed by atoms with E-state index in [2.05, 4.69) is 190 Å². The molecule has 14 rings (SSSR count). The van der Waals surface area contributed by atoms with Crippen molar-refractivity contribution in [3.63, 3.8) is 0 Å². The fourth-order valence-electron chi connectivity index (χ4n) is 11.1. The van der Waals surface area contributed by atoms with Crippen LogP contribution in [0.4, 0.5) is 11.4 Å². The molecule has 8 aromatic carbocycles. The van der Waals surface area contributed by atoms with Crippen LogP contribution < -0.4 is 15.7 Å². The van der Waals surface area contributed by atoms with Crippen molar-refractivity contribution in [2.24, 2.45) is 0 Å². The van der Waals surface area contributed by atoms with Crippen molar-refractivity contribution in [3.8, 4) is 16.8 Å². The summed E-state index contributed by atoms with van der Waals surface area (Å²) in [7, 11) is 0. The van der Waals surface area contributed by atoms with Crippen LogP contribution in [-0.4, -0.2) is 11.4 Å². The number of nitrogens with zero attached hydrogens (tertiary/aromatic N) is 2. The maximum Gasteiger partial charge on any atom is 0.333 e. The molecule has 0 radical (unpaired) electrons. The van der Waals surface area contributed by atoms with Crippen LogP contribution in [0.1, 0.15) is 52.7 Å². The minimum absolute atomic E-state index is 0.00510. The summed E-state index contributed by atoms with van der Waals surface area (Å²) in [5.41, 5.74) is 18.4. The first kappa shape index (κ1) is 34.5. The van der Waals surface area contributed by atoms with Gasteiger partial charge in [-0.25, -0.2) is 0 Å². The third kappa shape index (κ3) is 4.34. The van der Waals surface area contributed by atoms with Gasteiger partial charge in [-0.2, -0.15) is 0 Å². The van der Waals surface area contributed by atoms with Gasteiger partial charge in [0.2, 0.25) is 0 Å². The molecule has 0 aliphatic carbocycles. The summed E-state index contributed by atoms with van der Waals surface area (Å²) in [6.45, 7) is 13.5. The highest BCUT2D eigenvalue weighted by Gasteiger charge is 2.46. The molecule has 6 heterocycles. The maximum absolute atomic E-state index is 7.17. The van der Waals surface area contributed by atoms with Crippen molar-refractivity contribution in [2.45, 2.75) is 52.4 Å². The molecule has 4 aromatic heterocycles. The van der Waals surface area contributed by atoms with Gasteiger partial charge in [-0.1, -0.05) is 120 Å². The molecule has 62 heavy (non-hydrogen) atoms. The van der Waals surface area contributed by atoms with Gasteiger partial charge in [-0.15, -0.1) is 0 Å². The molecular formula is C56H41BN2O3. The molecule has 296 valence electrons. The quantitative estimate of drug-likeness (QED) is 0.155. The molecule has 0 N–H and O–H groups in total. The Bertz CT molecular complexity index is 3960. The minimum Gasteiger partial charge on any atom is -0.456 e. The first-order chi connectivity index (χ1) is 30.0. The smallest absolute Gasteiger partial charge is 0.333 e. The summed E-state index contributed by atoms with van der Waals surface area (Å²) >= 11 is 0. The fourth-order valence-corrected chi connectivity index (χ4v) is 11.1. The Morgan fingerprint density at radius 1 is 0.468 bits per heavy atom. The van der Waals surface area contributed by atoms with E-state index in [0.717, 1.165) is 99.3 Å². The van der Waals surface area contributed by atoms with E-state index in [1.54, 1.807) is 0 Å². The predicted molar refractivity (Wildman–Crippen MR) is 259 cm³/mol. The van der Waals surface area contributed by atoms with Crippen LogP contribution in [-0.2, 0) is 10.8 Å². The number of benzene rings is 8. The summed E-state index contributed by atoms with van der Waals surface area (Å²) in [5.74, 6) is 0. The molecule has 0 bridgehead atoms. The Morgan fingerprint density at radius 3 is 1.74 bits per heavy atom. The van der Waals surface area contributed by atoms with E-state index >= 15 is 0 Å². The number of para-hydroxylation sites is 3. The number of fused-ring (bicyclic) bond motifs is 19. The van der Waals surface area contributed by atoms with Crippen molar-refractivity contribution < 1.29 is 13.3 Å². The standard InChI is InChI=1S/C56H41BN2O3/c1-55(2,3)30-19-22-32(23-20-30)59-42-27-37-34-14-8-11-17-45(34)60-47(37)28-39(42)49-50-35-15-9-12-18-46(35)62-54(50)51-38-25-31(56(4,5)6)21-24-41(38)58-43-29-48-36(33-13-7-10-16-44(33)61-48)26-40(43)57(59)52(49)53(51)58/h7-29H,1-6H3. The third-order valence-corrected chi connectivity index (χ3v) is 14.1. The normalized spacial score (nSPS) is 13.9. The summed E-state index contributed by atoms with van der Waals surface area (Å²) < 4.78 is 23.1. The second-order valence-electron chi connectivity index (χ2n) is 19.7. The fraction of sp³-hybridized carbons (Fsp3) is 0.143. The Labute approximate surface area is 357 Å². The molecule has 2 aliphatic rings. The zero-order chi connectivity index (χ0) is 41.6. The highest BCUT2D eigenvalue weighted by Crippen LogP contribution is 2.53. The molecule has 2 aliphatic heterocycles. The average Bonchev–Trinajstić information content (AvgIpc) is 4.02. The lowest BCUT2D eigenvalue weighted by Gasteiger charge is -2.42. The SMILES string of the molecule is CC(C)(C)c1ccc(N2B3c4cc5c(cc4-n4c6ccc(C(C)(C)C)cc6c6c7oc8ccccc8c7c(c3c64)-c3cc4oc6ccccc6c4cc32)oc2ccccc25)cc1. The second-order valence-corrected chi connectivity index (χ2v) is 19.7. The van der Waals surface area contributed by atoms with Gasteiger partial charge >= 0.3 is 6.85 Å². The van der Waals surface area contributed by atoms with E-state index in [1.807, 2.05) is 0 Å². The lowest BCUT2D eigenvalue weighted by atomic mass is 9.43. The summed E-state index contributed by atoms with van der Waals surface area (Å²) in [6.07, 6.45) is 0. The minimum atomic E-state index is -0.207. The molecule has 5 nitrogen and oxygen atoms in total. The zero-order valence-corrected chi connectivity index (χ0v) is 35.5. The van der Waals surface area contributed by atoms with Crippen LogP contribution in [0.5, 0.6) is 0 Å². The second kappa shape index (κ2) is 11.4. The topological polar surface area (TPSA) is 47.6 Å². The van der Waals surface area contributed by atoms with Crippen molar-refractivity contribution >= 4 is 117 Å². The molecule has 0 amide bonds. The molecule has 0 unspecified atom stereocenters. The van der Waals surface area contributed by atoms with E-state index < -0.39 is 0 Å².